The summed E-state index contributed by atoms with van der Waals surface area (Å²) in [6.07, 6.45) is 0.864. The molecule has 9 nitrogen and oxygen atoms in total. The predicted molar refractivity (Wildman–Crippen MR) is 128 cm³/mol. The van der Waals surface area contributed by atoms with Gasteiger partial charge < -0.3 is 24.7 Å². The SMILES string of the molecule is CCOC(=O)N=[S-](=O)c1ccc(Nc2ncc(-c3ccccc3C)c(N[C@H](C)CO)n2)cc1. The average molecular weight is 469 g/mol. The van der Waals surface area contributed by atoms with Gasteiger partial charge in [-0.25, -0.2) is 9.78 Å². The van der Waals surface area contributed by atoms with Crippen molar-refractivity contribution >= 4 is 34.1 Å². The monoisotopic (exact) mass is 468 g/mol. The standard InChI is InChI=1S/C23H26N5O4S/c1-4-32-23(30)28-33(31)18-11-9-17(10-12-18)26-22-24-13-20(19-8-6-5-7-15(19)2)21(27-22)25-16(3)14-29/h5-13,16,29H,4,14H2,1-3H3,(H2,24,25,26,27)/q-1/t16-/m1/s1. The number of carbonyl (C=O) groups is 1. The second kappa shape index (κ2) is 11.4. The smallest absolute Gasteiger partial charge is 0.410 e. The van der Waals surface area contributed by atoms with Crippen molar-refractivity contribution in [2.45, 2.75) is 31.7 Å². The normalized spacial score (nSPS) is 12.7. The Hall–Kier alpha value is -3.50. The van der Waals surface area contributed by atoms with Gasteiger partial charge in [0, 0.05) is 23.5 Å². The molecule has 174 valence electrons. The molecule has 0 aliphatic heterocycles. The first-order valence-corrected chi connectivity index (χ1v) is 11.5. The van der Waals surface area contributed by atoms with Crippen LogP contribution in [0.1, 0.15) is 19.4 Å². The third kappa shape index (κ3) is 6.50. The topological polar surface area (TPSA) is 126 Å². The van der Waals surface area contributed by atoms with Crippen LogP contribution in [0.15, 0.2) is 64.0 Å². The lowest BCUT2D eigenvalue weighted by Gasteiger charge is -2.17. The van der Waals surface area contributed by atoms with Crippen molar-refractivity contribution in [3.05, 3.63) is 60.3 Å². The van der Waals surface area contributed by atoms with Crippen molar-refractivity contribution in [1.29, 1.82) is 0 Å². The largest absolute Gasteiger partial charge is 0.450 e. The summed E-state index contributed by atoms with van der Waals surface area (Å²) in [5.41, 5.74) is 3.56. The number of rotatable bonds is 8. The summed E-state index contributed by atoms with van der Waals surface area (Å²) in [6.45, 7) is 5.64. The number of aliphatic hydroxyl groups is 1. The molecule has 0 aliphatic rings. The molecule has 1 amide bonds. The first-order valence-electron chi connectivity index (χ1n) is 10.4. The number of aryl methyl sites for hydroxylation is 1. The predicted octanol–water partition coefficient (Wildman–Crippen LogP) is 4.65. The maximum absolute atomic E-state index is 12.1. The maximum Gasteiger partial charge on any atom is 0.410 e. The van der Waals surface area contributed by atoms with Gasteiger partial charge in [0.1, 0.15) is 5.82 Å². The Morgan fingerprint density at radius 3 is 2.58 bits per heavy atom. The number of amides is 1. The van der Waals surface area contributed by atoms with Gasteiger partial charge in [0.25, 0.3) is 0 Å². The first-order chi connectivity index (χ1) is 15.9. The van der Waals surface area contributed by atoms with Gasteiger partial charge in [-0.15, -0.1) is 10.6 Å². The van der Waals surface area contributed by atoms with Gasteiger partial charge in [0.15, 0.2) is 0 Å². The van der Waals surface area contributed by atoms with Gasteiger partial charge in [0.05, 0.1) is 13.2 Å². The molecule has 0 unspecified atom stereocenters. The number of carbonyl (C=O) groups excluding carboxylic acids is 1. The van der Waals surface area contributed by atoms with Crippen molar-refractivity contribution in [3.63, 3.8) is 0 Å². The quantitative estimate of drug-likeness (QED) is 0.408. The number of hydrogen-bond acceptors (Lipinski definition) is 9. The lowest BCUT2D eigenvalue weighted by Crippen LogP contribution is -2.21. The highest BCUT2D eigenvalue weighted by Gasteiger charge is 2.13. The summed E-state index contributed by atoms with van der Waals surface area (Å²) in [5.74, 6) is 0.944. The molecule has 1 atom stereocenters. The summed E-state index contributed by atoms with van der Waals surface area (Å²) in [6, 6.07) is 14.3. The highest BCUT2D eigenvalue weighted by molar-refractivity contribution is 7.75. The Labute approximate surface area is 194 Å². The fourth-order valence-electron chi connectivity index (χ4n) is 2.96. The number of nitrogens with zero attached hydrogens (tertiary/aromatic N) is 3. The second-order valence-electron chi connectivity index (χ2n) is 7.19. The summed E-state index contributed by atoms with van der Waals surface area (Å²) in [7, 11) is -1.85. The molecule has 0 radical (unpaired) electrons. The molecule has 10 heteroatoms. The fourth-order valence-corrected chi connectivity index (χ4v) is 3.62. The second-order valence-corrected chi connectivity index (χ2v) is 8.34. The fraction of sp³-hybridized carbons (Fsp3) is 0.261. The molecule has 33 heavy (non-hydrogen) atoms. The molecule has 0 fully saturated rings. The molecule has 0 saturated carbocycles. The highest BCUT2D eigenvalue weighted by atomic mass is 32.2. The van der Waals surface area contributed by atoms with Crippen LogP contribution in [-0.4, -0.2) is 40.4 Å². The Kier molecular flexibility index (Phi) is 8.34. The van der Waals surface area contributed by atoms with E-state index in [4.69, 9.17) is 0 Å². The number of aliphatic hydroxyl groups excluding tert-OH is 1. The van der Waals surface area contributed by atoms with Gasteiger partial charge in [-0.1, -0.05) is 41.3 Å². The third-order valence-corrected chi connectivity index (χ3v) is 5.61. The van der Waals surface area contributed by atoms with E-state index in [2.05, 4.69) is 29.7 Å². The molecule has 0 saturated heterocycles. The van der Waals surface area contributed by atoms with Gasteiger partial charge in [-0.2, -0.15) is 4.98 Å². The summed E-state index contributed by atoms with van der Waals surface area (Å²) in [5, 5.41) is 15.8. The molecule has 1 aromatic heterocycles. The minimum Gasteiger partial charge on any atom is -0.450 e. The number of anilines is 3. The zero-order valence-corrected chi connectivity index (χ0v) is 19.4. The Morgan fingerprint density at radius 1 is 1.18 bits per heavy atom. The van der Waals surface area contributed by atoms with E-state index in [1.165, 1.54) is 0 Å². The van der Waals surface area contributed by atoms with Crippen LogP contribution in [0.5, 0.6) is 0 Å². The third-order valence-electron chi connectivity index (χ3n) is 4.62. The number of benzene rings is 2. The van der Waals surface area contributed by atoms with Crippen LogP contribution in [0, 0.1) is 6.92 Å². The summed E-state index contributed by atoms with van der Waals surface area (Å²) < 4.78 is 20.3. The lowest BCUT2D eigenvalue weighted by atomic mass is 10.0. The van der Waals surface area contributed by atoms with Crippen LogP contribution in [0.3, 0.4) is 0 Å². The van der Waals surface area contributed by atoms with Crippen LogP contribution in [0.25, 0.3) is 11.1 Å². The number of aromatic nitrogens is 2. The van der Waals surface area contributed by atoms with E-state index in [1.807, 2.05) is 38.1 Å². The van der Waals surface area contributed by atoms with E-state index >= 15 is 0 Å². The van der Waals surface area contributed by atoms with Crippen molar-refractivity contribution in [3.8, 4) is 11.1 Å². The average Bonchev–Trinajstić information content (AvgIpc) is 2.80. The van der Waals surface area contributed by atoms with E-state index in [1.54, 1.807) is 37.4 Å². The maximum atomic E-state index is 12.1. The molecule has 3 rings (SSSR count). The Morgan fingerprint density at radius 2 is 1.91 bits per heavy atom. The van der Waals surface area contributed by atoms with Crippen molar-refractivity contribution in [2.75, 3.05) is 23.8 Å². The molecule has 3 aromatic rings. The number of hydrogen-bond donors (Lipinski definition) is 3. The van der Waals surface area contributed by atoms with Crippen molar-refractivity contribution in [2.24, 2.45) is 4.36 Å². The zero-order valence-electron chi connectivity index (χ0n) is 18.6. The molecule has 0 bridgehead atoms. The molecule has 2 aromatic carbocycles. The molecular formula is C23H26N5O4S-. The van der Waals surface area contributed by atoms with Gasteiger partial charge in [-0.05, 0) is 44.0 Å². The van der Waals surface area contributed by atoms with Gasteiger partial charge >= 0.3 is 6.09 Å². The van der Waals surface area contributed by atoms with E-state index in [0.717, 1.165) is 16.7 Å². The van der Waals surface area contributed by atoms with E-state index < -0.39 is 16.7 Å². The van der Waals surface area contributed by atoms with Crippen molar-refractivity contribution < 1.29 is 18.8 Å². The van der Waals surface area contributed by atoms with Crippen LogP contribution < -0.4 is 10.6 Å². The van der Waals surface area contributed by atoms with Crippen LogP contribution >= 0.6 is 0 Å². The molecule has 0 spiro atoms. The molecule has 3 N–H and O–H groups in total. The zero-order chi connectivity index (χ0) is 23.8. The highest BCUT2D eigenvalue weighted by Crippen LogP contribution is 2.30. The van der Waals surface area contributed by atoms with Crippen LogP contribution in [0.2, 0.25) is 0 Å². The van der Waals surface area contributed by atoms with Crippen LogP contribution in [0.4, 0.5) is 22.2 Å². The molecule has 1 heterocycles. The van der Waals surface area contributed by atoms with E-state index in [-0.39, 0.29) is 19.3 Å². The van der Waals surface area contributed by atoms with Crippen molar-refractivity contribution in [1.82, 2.24) is 9.97 Å². The number of nitrogens with one attached hydrogen (secondary N) is 2. The number of ether oxygens (including phenoxy) is 1. The van der Waals surface area contributed by atoms with Gasteiger partial charge in [0.2, 0.25) is 5.95 Å². The molecule has 0 aliphatic carbocycles. The van der Waals surface area contributed by atoms with E-state index in [9.17, 15) is 14.1 Å². The Balaban J connectivity index is 1.85. The van der Waals surface area contributed by atoms with Gasteiger partial charge in [-0.3, -0.25) is 4.36 Å². The van der Waals surface area contributed by atoms with E-state index in [0.29, 0.717) is 22.3 Å². The minimum atomic E-state index is -1.85. The Bertz CT molecular complexity index is 1190. The first kappa shape index (κ1) is 24.1. The lowest BCUT2D eigenvalue weighted by molar-refractivity contribution is 0.164. The van der Waals surface area contributed by atoms with Crippen LogP contribution in [-0.2, 0) is 19.5 Å². The summed E-state index contributed by atoms with van der Waals surface area (Å²) >= 11 is 0. The minimum absolute atomic E-state index is 0.0462. The molecular weight excluding hydrogens is 442 g/mol. The summed E-state index contributed by atoms with van der Waals surface area (Å²) in [4.78, 5) is 20.8.